The molecule has 12 heteroatoms. The maximum Gasteiger partial charge on any atom is 0.418 e. The predicted octanol–water partition coefficient (Wildman–Crippen LogP) is 5.07. The van der Waals surface area contributed by atoms with Gasteiger partial charge in [-0.05, 0) is 37.3 Å². The molecule has 3 aromatic rings. The number of esters is 1. The maximum atomic E-state index is 13.3. The van der Waals surface area contributed by atoms with Gasteiger partial charge in [0.25, 0.3) is 0 Å². The van der Waals surface area contributed by atoms with Crippen LogP contribution < -0.4 is 10.6 Å². The van der Waals surface area contributed by atoms with Crippen molar-refractivity contribution in [3.8, 4) is 0 Å². The molecule has 2 N–H and O–H groups in total. The van der Waals surface area contributed by atoms with E-state index >= 15 is 0 Å². The molecule has 0 bridgehead atoms. The van der Waals surface area contributed by atoms with Gasteiger partial charge in [0.2, 0.25) is 11.6 Å². The summed E-state index contributed by atoms with van der Waals surface area (Å²) in [5.41, 5.74) is -1.61. The summed E-state index contributed by atoms with van der Waals surface area (Å²) >= 11 is 0. The Balaban J connectivity index is 1.98. The zero-order valence-corrected chi connectivity index (χ0v) is 16.5. The molecule has 0 aliphatic carbocycles. The van der Waals surface area contributed by atoms with E-state index < -0.39 is 39.8 Å². The average molecular weight is 447 g/mol. The number of carbonyl (C=O) groups excluding carboxylic acids is 1. The molecule has 3 rings (SSSR count). The molecule has 1 heterocycles. The normalized spacial score (nSPS) is 11.0. The monoisotopic (exact) mass is 447 g/mol. The predicted molar refractivity (Wildman–Crippen MR) is 109 cm³/mol. The minimum atomic E-state index is -4.68. The van der Waals surface area contributed by atoms with Gasteiger partial charge in [0.05, 0.1) is 28.3 Å². The van der Waals surface area contributed by atoms with E-state index in [0.29, 0.717) is 0 Å². The molecule has 1 aromatic heterocycles. The second-order valence-corrected chi connectivity index (χ2v) is 6.27. The van der Waals surface area contributed by atoms with Gasteiger partial charge in [-0.3, -0.25) is 10.1 Å². The van der Waals surface area contributed by atoms with Crippen molar-refractivity contribution >= 4 is 34.7 Å². The van der Waals surface area contributed by atoms with Crippen molar-refractivity contribution in [2.75, 3.05) is 17.2 Å². The Hall–Kier alpha value is -4.22. The number of ether oxygens (including phenoxy) is 1. The topological polar surface area (TPSA) is 119 Å². The van der Waals surface area contributed by atoms with Crippen molar-refractivity contribution in [3.05, 3.63) is 76.1 Å². The molecule has 0 saturated carbocycles. The van der Waals surface area contributed by atoms with Crippen LogP contribution in [-0.4, -0.2) is 27.5 Å². The van der Waals surface area contributed by atoms with Crippen LogP contribution in [-0.2, 0) is 10.9 Å². The number of anilines is 4. The number of nitro groups is 1. The van der Waals surface area contributed by atoms with Gasteiger partial charge >= 0.3 is 17.8 Å². The summed E-state index contributed by atoms with van der Waals surface area (Å²) in [4.78, 5) is 30.4. The highest BCUT2D eigenvalue weighted by atomic mass is 19.4. The van der Waals surface area contributed by atoms with Crippen LogP contribution in [0.5, 0.6) is 0 Å². The molecule has 0 fully saturated rings. The number of carbonyl (C=O) groups is 1. The summed E-state index contributed by atoms with van der Waals surface area (Å²) in [6.45, 7) is 1.82. The zero-order valence-electron chi connectivity index (χ0n) is 16.5. The number of hydrogen-bond acceptors (Lipinski definition) is 8. The van der Waals surface area contributed by atoms with Crippen LogP contribution in [0.25, 0.3) is 0 Å². The third-order valence-corrected chi connectivity index (χ3v) is 4.13. The second-order valence-electron chi connectivity index (χ2n) is 6.27. The van der Waals surface area contributed by atoms with E-state index in [4.69, 9.17) is 4.74 Å². The van der Waals surface area contributed by atoms with E-state index in [1.165, 1.54) is 36.4 Å². The molecule has 32 heavy (non-hydrogen) atoms. The molecule has 0 saturated heterocycles. The van der Waals surface area contributed by atoms with Crippen molar-refractivity contribution < 1.29 is 27.6 Å². The summed E-state index contributed by atoms with van der Waals surface area (Å²) in [5.74, 6) is -1.30. The Morgan fingerprint density at radius 2 is 1.78 bits per heavy atom. The fourth-order valence-electron chi connectivity index (χ4n) is 2.78. The quantitative estimate of drug-likeness (QED) is 0.293. The van der Waals surface area contributed by atoms with Gasteiger partial charge in [-0.1, -0.05) is 18.2 Å². The van der Waals surface area contributed by atoms with Crippen LogP contribution in [0.3, 0.4) is 0 Å². The van der Waals surface area contributed by atoms with Gasteiger partial charge in [0, 0.05) is 5.69 Å². The van der Waals surface area contributed by atoms with Crippen LogP contribution in [0.2, 0.25) is 0 Å². The Morgan fingerprint density at radius 3 is 2.44 bits per heavy atom. The third-order valence-electron chi connectivity index (χ3n) is 4.13. The van der Waals surface area contributed by atoms with Gasteiger partial charge in [-0.25, -0.2) is 14.8 Å². The molecular weight excluding hydrogens is 431 g/mol. The lowest BCUT2D eigenvalue weighted by Gasteiger charge is -2.14. The first kappa shape index (κ1) is 22.5. The Kier molecular flexibility index (Phi) is 6.52. The molecule has 0 spiro atoms. The van der Waals surface area contributed by atoms with Crippen molar-refractivity contribution in [1.82, 2.24) is 9.97 Å². The largest absolute Gasteiger partial charge is 0.462 e. The van der Waals surface area contributed by atoms with Crippen LogP contribution in [0.1, 0.15) is 22.8 Å². The first-order chi connectivity index (χ1) is 15.2. The molecule has 0 radical (unpaired) electrons. The van der Waals surface area contributed by atoms with Crippen LogP contribution in [0.15, 0.2) is 54.9 Å². The van der Waals surface area contributed by atoms with E-state index in [2.05, 4.69) is 20.6 Å². The van der Waals surface area contributed by atoms with Crippen molar-refractivity contribution in [2.45, 2.75) is 13.1 Å². The summed E-state index contributed by atoms with van der Waals surface area (Å²) in [6.07, 6.45) is -3.72. The van der Waals surface area contributed by atoms with Gasteiger partial charge < -0.3 is 15.4 Å². The van der Waals surface area contributed by atoms with Crippen molar-refractivity contribution in [3.63, 3.8) is 0 Å². The molecule has 0 unspecified atom stereocenters. The zero-order chi connectivity index (χ0) is 23.3. The maximum absolute atomic E-state index is 13.3. The number of nitrogens with zero attached hydrogens (tertiary/aromatic N) is 3. The summed E-state index contributed by atoms with van der Waals surface area (Å²) in [5, 5.41) is 16.8. The SMILES string of the molecule is CCOC(=O)c1cccc(Nc2ncnc(Nc3ccccc3C(F)(F)F)c2[N+](=O)[O-])c1. The summed E-state index contributed by atoms with van der Waals surface area (Å²) < 4.78 is 44.8. The number of para-hydroxylation sites is 1. The van der Waals surface area contributed by atoms with Crippen molar-refractivity contribution in [1.29, 1.82) is 0 Å². The standard InChI is InChI=1S/C20H16F3N5O4/c1-2-32-19(29)12-6-5-7-13(10-12)26-17-16(28(30)31)18(25-11-24-17)27-15-9-4-3-8-14(15)20(21,22)23/h3-11H,2H2,1H3,(H2,24,25,26,27). The highest BCUT2D eigenvalue weighted by Crippen LogP contribution is 2.38. The highest BCUT2D eigenvalue weighted by Gasteiger charge is 2.34. The molecule has 9 nitrogen and oxygen atoms in total. The molecule has 166 valence electrons. The van der Waals surface area contributed by atoms with E-state index in [-0.39, 0.29) is 23.7 Å². The van der Waals surface area contributed by atoms with Gasteiger partial charge in [-0.2, -0.15) is 13.2 Å². The third kappa shape index (κ3) is 5.09. The van der Waals surface area contributed by atoms with Crippen LogP contribution in [0, 0.1) is 10.1 Å². The number of aromatic nitrogens is 2. The highest BCUT2D eigenvalue weighted by molar-refractivity contribution is 5.91. The molecule has 2 aromatic carbocycles. The number of benzene rings is 2. The summed E-state index contributed by atoms with van der Waals surface area (Å²) in [6, 6.07) is 10.5. The Morgan fingerprint density at radius 1 is 1.09 bits per heavy atom. The molecular formula is C20H16F3N5O4. The van der Waals surface area contributed by atoms with E-state index in [9.17, 15) is 28.1 Å². The lowest BCUT2D eigenvalue weighted by atomic mass is 10.1. The molecule has 0 aliphatic heterocycles. The van der Waals surface area contributed by atoms with Crippen LogP contribution >= 0.6 is 0 Å². The lowest BCUT2D eigenvalue weighted by Crippen LogP contribution is -2.11. The average Bonchev–Trinajstić information content (AvgIpc) is 2.74. The second kappa shape index (κ2) is 9.29. The number of rotatable bonds is 7. The number of halogens is 3. The minimum absolute atomic E-state index is 0.169. The van der Waals surface area contributed by atoms with E-state index in [1.54, 1.807) is 6.92 Å². The molecule has 0 amide bonds. The number of hydrogen-bond donors (Lipinski definition) is 2. The van der Waals surface area contributed by atoms with E-state index in [0.717, 1.165) is 18.5 Å². The molecule has 0 atom stereocenters. The van der Waals surface area contributed by atoms with Gasteiger partial charge in [-0.15, -0.1) is 0 Å². The van der Waals surface area contributed by atoms with Gasteiger partial charge in [0.15, 0.2) is 0 Å². The lowest BCUT2D eigenvalue weighted by molar-refractivity contribution is -0.383. The molecule has 0 aliphatic rings. The van der Waals surface area contributed by atoms with Crippen LogP contribution in [0.4, 0.5) is 41.9 Å². The fraction of sp³-hybridized carbons (Fsp3) is 0.150. The Bertz CT molecular complexity index is 1150. The van der Waals surface area contributed by atoms with E-state index in [1.807, 2.05) is 0 Å². The van der Waals surface area contributed by atoms with Gasteiger partial charge in [0.1, 0.15) is 6.33 Å². The Labute approximate surface area is 179 Å². The fourth-order valence-corrected chi connectivity index (χ4v) is 2.78. The first-order valence-corrected chi connectivity index (χ1v) is 9.17. The smallest absolute Gasteiger partial charge is 0.418 e. The van der Waals surface area contributed by atoms with Crippen molar-refractivity contribution in [2.24, 2.45) is 0 Å². The number of nitrogens with one attached hydrogen (secondary N) is 2. The first-order valence-electron chi connectivity index (χ1n) is 9.17. The minimum Gasteiger partial charge on any atom is -0.462 e. The summed E-state index contributed by atoms with van der Waals surface area (Å²) in [7, 11) is 0. The number of alkyl halides is 3.